The molecule has 1 aliphatic rings. The first-order valence-corrected chi connectivity index (χ1v) is 10.4. The van der Waals surface area contributed by atoms with Crippen LogP contribution >= 0.6 is 23.8 Å². The summed E-state index contributed by atoms with van der Waals surface area (Å²) in [5.41, 5.74) is 2.91. The van der Waals surface area contributed by atoms with Gasteiger partial charge in [-0.05, 0) is 49.7 Å². The number of thiocarbonyl (C=S) groups is 1. The first-order valence-electron chi connectivity index (χ1n) is 9.57. The van der Waals surface area contributed by atoms with E-state index in [2.05, 4.69) is 16.3 Å². The fourth-order valence-electron chi connectivity index (χ4n) is 3.78. The van der Waals surface area contributed by atoms with Gasteiger partial charge in [-0.1, -0.05) is 48.7 Å². The molecule has 0 saturated heterocycles. The van der Waals surface area contributed by atoms with E-state index in [1.807, 2.05) is 37.3 Å². The Bertz CT molecular complexity index is 837. The zero-order valence-electron chi connectivity index (χ0n) is 16.6. The number of para-hydroxylation sites is 1. The molecule has 4 nitrogen and oxygen atoms in total. The van der Waals surface area contributed by atoms with Crippen molar-refractivity contribution in [3.8, 4) is 11.5 Å². The van der Waals surface area contributed by atoms with Crippen molar-refractivity contribution in [2.24, 2.45) is 0 Å². The van der Waals surface area contributed by atoms with Crippen LogP contribution < -0.4 is 14.8 Å². The Hall–Kier alpha value is -1.98. The van der Waals surface area contributed by atoms with Crippen LogP contribution in [0.15, 0.2) is 36.4 Å². The summed E-state index contributed by atoms with van der Waals surface area (Å²) in [7, 11) is 3.33. The molecule has 3 rings (SSSR count). The molecule has 0 spiro atoms. The summed E-state index contributed by atoms with van der Waals surface area (Å²) in [6, 6.07) is 12.3. The number of nitrogens with zero attached hydrogens (tertiary/aromatic N) is 1. The average Bonchev–Trinajstić information content (AvgIpc) is 3.23. The summed E-state index contributed by atoms with van der Waals surface area (Å²) in [6.07, 6.45) is 4.72. The lowest BCUT2D eigenvalue weighted by molar-refractivity contribution is 0.300. The van der Waals surface area contributed by atoms with Crippen LogP contribution in [0.4, 0.5) is 5.69 Å². The molecular formula is C22H27ClN2O2S. The second kappa shape index (κ2) is 9.48. The van der Waals surface area contributed by atoms with Gasteiger partial charge in [-0.15, -0.1) is 0 Å². The van der Waals surface area contributed by atoms with Gasteiger partial charge in [0, 0.05) is 18.2 Å². The van der Waals surface area contributed by atoms with Gasteiger partial charge in [0.2, 0.25) is 0 Å². The predicted molar refractivity (Wildman–Crippen MR) is 120 cm³/mol. The molecule has 1 fully saturated rings. The minimum atomic E-state index is 0.402. The van der Waals surface area contributed by atoms with Gasteiger partial charge in [0.15, 0.2) is 16.6 Å². The maximum atomic E-state index is 6.47. The Labute approximate surface area is 177 Å². The summed E-state index contributed by atoms with van der Waals surface area (Å²) in [5, 5.41) is 4.76. The Morgan fingerprint density at radius 1 is 1.14 bits per heavy atom. The first kappa shape index (κ1) is 20.7. The predicted octanol–water partition coefficient (Wildman–Crippen LogP) is 5.81. The van der Waals surface area contributed by atoms with Crippen LogP contribution in [0.3, 0.4) is 0 Å². The van der Waals surface area contributed by atoms with Gasteiger partial charge < -0.3 is 19.7 Å². The Balaban J connectivity index is 1.87. The standard InChI is InChI=1S/C22H27ClN2O2S/c1-15-8-6-12-18(20(15)23)24-22(28)25(17-10-4-5-11-17)14-16-9-7-13-19(26-2)21(16)27-3/h6-9,12-13,17H,4-5,10-11,14H2,1-3H3,(H,24,28). The molecule has 0 unspecified atom stereocenters. The average molecular weight is 419 g/mol. The lowest BCUT2D eigenvalue weighted by atomic mass is 10.1. The maximum Gasteiger partial charge on any atom is 0.174 e. The van der Waals surface area contributed by atoms with Crippen molar-refractivity contribution in [2.45, 2.75) is 45.2 Å². The molecule has 150 valence electrons. The summed E-state index contributed by atoms with van der Waals surface area (Å²) in [4.78, 5) is 2.26. The number of nitrogens with one attached hydrogen (secondary N) is 1. The van der Waals surface area contributed by atoms with E-state index in [4.69, 9.17) is 33.3 Å². The second-order valence-electron chi connectivity index (χ2n) is 7.09. The van der Waals surface area contributed by atoms with Crippen molar-refractivity contribution in [1.82, 2.24) is 4.90 Å². The highest BCUT2D eigenvalue weighted by Gasteiger charge is 2.26. The quantitative estimate of drug-likeness (QED) is 0.599. The zero-order chi connectivity index (χ0) is 20.1. The van der Waals surface area contributed by atoms with E-state index in [0.717, 1.165) is 41.2 Å². The van der Waals surface area contributed by atoms with Gasteiger partial charge in [-0.3, -0.25) is 0 Å². The van der Waals surface area contributed by atoms with Crippen molar-refractivity contribution in [3.05, 3.63) is 52.5 Å². The van der Waals surface area contributed by atoms with E-state index in [1.165, 1.54) is 12.8 Å². The topological polar surface area (TPSA) is 33.7 Å². The molecule has 28 heavy (non-hydrogen) atoms. The summed E-state index contributed by atoms with van der Waals surface area (Å²) < 4.78 is 11.1. The van der Waals surface area contributed by atoms with Gasteiger partial charge in [0.05, 0.1) is 24.9 Å². The molecule has 1 aliphatic carbocycles. The van der Waals surface area contributed by atoms with Crippen molar-refractivity contribution < 1.29 is 9.47 Å². The molecule has 0 atom stereocenters. The van der Waals surface area contributed by atoms with Crippen LogP contribution in [0.2, 0.25) is 5.02 Å². The Morgan fingerprint density at radius 3 is 2.54 bits per heavy atom. The van der Waals surface area contributed by atoms with Crippen LogP contribution in [0.1, 0.15) is 36.8 Å². The van der Waals surface area contributed by atoms with E-state index in [0.29, 0.717) is 22.7 Å². The molecule has 1 saturated carbocycles. The number of methoxy groups -OCH3 is 2. The van der Waals surface area contributed by atoms with Crippen LogP contribution in [-0.2, 0) is 6.54 Å². The molecule has 0 amide bonds. The fourth-order valence-corrected chi connectivity index (χ4v) is 4.27. The highest BCUT2D eigenvalue weighted by molar-refractivity contribution is 7.80. The molecular weight excluding hydrogens is 392 g/mol. The monoisotopic (exact) mass is 418 g/mol. The zero-order valence-corrected chi connectivity index (χ0v) is 18.2. The van der Waals surface area contributed by atoms with Crippen molar-refractivity contribution >= 4 is 34.6 Å². The minimum absolute atomic E-state index is 0.402. The number of anilines is 1. The molecule has 0 heterocycles. The number of benzene rings is 2. The smallest absolute Gasteiger partial charge is 0.174 e. The van der Waals surface area contributed by atoms with E-state index in [1.54, 1.807) is 14.2 Å². The van der Waals surface area contributed by atoms with Crippen LogP contribution in [0.25, 0.3) is 0 Å². The van der Waals surface area contributed by atoms with E-state index < -0.39 is 0 Å². The highest BCUT2D eigenvalue weighted by atomic mass is 35.5. The summed E-state index contributed by atoms with van der Waals surface area (Å²) >= 11 is 12.3. The molecule has 0 aromatic heterocycles. The number of aryl methyl sites for hydroxylation is 1. The SMILES string of the molecule is COc1cccc(CN(C(=S)Nc2cccc(C)c2Cl)C2CCCC2)c1OC. The molecule has 6 heteroatoms. The lowest BCUT2D eigenvalue weighted by Gasteiger charge is -2.32. The highest BCUT2D eigenvalue weighted by Crippen LogP contribution is 2.34. The molecule has 1 N–H and O–H groups in total. The van der Waals surface area contributed by atoms with Crippen molar-refractivity contribution in [1.29, 1.82) is 0 Å². The van der Waals surface area contributed by atoms with E-state index in [9.17, 15) is 0 Å². The molecule has 2 aromatic rings. The summed E-state index contributed by atoms with van der Waals surface area (Å²) in [6.45, 7) is 2.65. The number of hydrogen-bond acceptors (Lipinski definition) is 3. The van der Waals surface area contributed by atoms with Gasteiger partial charge in [0.25, 0.3) is 0 Å². The lowest BCUT2D eigenvalue weighted by Crippen LogP contribution is -2.41. The maximum absolute atomic E-state index is 6.47. The molecule has 0 aliphatic heterocycles. The fraction of sp³-hybridized carbons (Fsp3) is 0.409. The normalized spacial score (nSPS) is 14.0. The van der Waals surface area contributed by atoms with E-state index >= 15 is 0 Å². The Kier molecular flexibility index (Phi) is 7.03. The van der Waals surface area contributed by atoms with Crippen LogP contribution in [-0.4, -0.2) is 30.3 Å². The van der Waals surface area contributed by atoms with Crippen molar-refractivity contribution in [2.75, 3.05) is 19.5 Å². The third-order valence-electron chi connectivity index (χ3n) is 5.28. The molecule has 2 aromatic carbocycles. The third kappa shape index (κ3) is 4.53. The number of ether oxygens (including phenoxy) is 2. The number of halogens is 1. The molecule has 0 bridgehead atoms. The number of hydrogen-bond donors (Lipinski definition) is 1. The van der Waals surface area contributed by atoms with E-state index in [-0.39, 0.29) is 0 Å². The largest absolute Gasteiger partial charge is 0.493 e. The third-order valence-corrected chi connectivity index (χ3v) is 6.12. The molecule has 0 radical (unpaired) electrons. The van der Waals surface area contributed by atoms with Crippen LogP contribution in [0.5, 0.6) is 11.5 Å². The van der Waals surface area contributed by atoms with Gasteiger partial charge in [-0.25, -0.2) is 0 Å². The number of rotatable bonds is 6. The minimum Gasteiger partial charge on any atom is -0.493 e. The van der Waals surface area contributed by atoms with Crippen molar-refractivity contribution in [3.63, 3.8) is 0 Å². The van der Waals surface area contributed by atoms with Gasteiger partial charge in [0.1, 0.15) is 0 Å². The summed E-state index contributed by atoms with van der Waals surface area (Å²) in [5.74, 6) is 1.48. The second-order valence-corrected chi connectivity index (χ2v) is 7.85. The first-order chi connectivity index (χ1) is 13.5. The van der Waals surface area contributed by atoms with Gasteiger partial charge >= 0.3 is 0 Å². The van der Waals surface area contributed by atoms with Gasteiger partial charge in [-0.2, -0.15) is 0 Å². The Morgan fingerprint density at radius 2 is 1.86 bits per heavy atom. The van der Waals surface area contributed by atoms with Crippen LogP contribution in [0, 0.1) is 6.92 Å².